The molecule has 19 heavy (non-hydrogen) atoms. The molecule has 3 heterocycles. The van der Waals surface area contributed by atoms with E-state index in [1.807, 2.05) is 41.1 Å². The minimum atomic E-state index is -0.0564. The van der Waals surface area contributed by atoms with Gasteiger partial charge in [0.1, 0.15) is 5.65 Å². The number of aromatic nitrogens is 4. The minimum absolute atomic E-state index is 0.0564. The first-order chi connectivity index (χ1) is 9.36. The van der Waals surface area contributed by atoms with E-state index in [0.29, 0.717) is 11.7 Å². The van der Waals surface area contributed by atoms with E-state index in [0.717, 1.165) is 17.0 Å². The van der Waals surface area contributed by atoms with Crippen LogP contribution in [0.3, 0.4) is 0 Å². The summed E-state index contributed by atoms with van der Waals surface area (Å²) in [7, 11) is 0. The van der Waals surface area contributed by atoms with Gasteiger partial charge in [-0.15, -0.1) is 0 Å². The maximum atomic E-state index is 9.59. The van der Waals surface area contributed by atoms with E-state index < -0.39 is 0 Å². The summed E-state index contributed by atoms with van der Waals surface area (Å²) in [6.45, 7) is -0.0564. The second-order valence-corrected chi connectivity index (χ2v) is 4.93. The average molecular weight is 254 g/mol. The molecule has 3 aromatic heterocycles. The molecule has 1 aliphatic carbocycles. The fraction of sp³-hybridized carbons (Fsp3) is 0.286. The van der Waals surface area contributed by atoms with E-state index >= 15 is 0 Å². The van der Waals surface area contributed by atoms with Gasteiger partial charge in [0, 0.05) is 18.3 Å². The van der Waals surface area contributed by atoms with Gasteiger partial charge in [-0.2, -0.15) is 5.10 Å². The Morgan fingerprint density at radius 2 is 2.11 bits per heavy atom. The number of hydrogen-bond acceptors (Lipinski definition) is 3. The molecule has 1 N–H and O–H groups in total. The standard InChI is InChI=1S/C14H14N4O/c19-9-12-14(15-13-3-1-2-7-17(12)13)18-8-6-11(16-18)10-4-5-10/h1-3,6-8,10,19H,4-5,9H2. The van der Waals surface area contributed by atoms with Crippen LogP contribution in [0, 0.1) is 0 Å². The first-order valence-electron chi connectivity index (χ1n) is 6.49. The second kappa shape index (κ2) is 3.93. The molecule has 0 aliphatic heterocycles. The van der Waals surface area contributed by atoms with Gasteiger partial charge in [0.05, 0.1) is 18.0 Å². The molecule has 3 aromatic rings. The van der Waals surface area contributed by atoms with Gasteiger partial charge in [0.25, 0.3) is 0 Å². The first-order valence-corrected chi connectivity index (χ1v) is 6.49. The van der Waals surface area contributed by atoms with Gasteiger partial charge >= 0.3 is 0 Å². The van der Waals surface area contributed by atoms with E-state index in [1.165, 1.54) is 12.8 Å². The van der Waals surface area contributed by atoms with Crippen molar-refractivity contribution in [2.45, 2.75) is 25.4 Å². The number of aliphatic hydroxyl groups excluding tert-OH is 1. The van der Waals surface area contributed by atoms with E-state index in [2.05, 4.69) is 10.1 Å². The number of imidazole rings is 1. The zero-order valence-electron chi connectivity index (χ0n) is 10.4. The Morgan fingerprint density at radius 1 is 1.21 bits per heavy atom. The lowest BCUT2D eigenvalue weighted by Crippen LogP contribution is -2.02. The molecule has 5 nitrogen and oxygen atoms in total. The Hall–Kier alpha value is -2.14. The highest BCUT2D eigenvalue weighted by Gasteiger charge is 2.26. The number of aliphatic hydroxyl groups is 1. The molecule has 0 bridgehead atoms. The predicted molar refractivity (Wildman–Crippen MR) is 70.2 cm³/mol. The van der Waals surface area contributed by atoms with Crippen LogP contribution in [0.5, 0.6) is 0 Å². The SMILES string of the molecule is OCc1c(-n2ccc(C3CC3)n2)nc2ccccn12. The van der Waals surface area contributed by atoms with Gasteiger partial charge in [-0.1, -0.05) is 6.07 Å². The molecule has 0 saturated heterocycles. The topological polar surface area (TPSA) is 55.3 Å². The first kappa shape index (κ1) is 10.8. The summed E-state index contributed by atoms with van der Waals surface area (Å²) < 4.78 is 3.67. The van der Waals surface area contributed by atoms with E-state index in [-0.39, 0.29) is 6.61 Å². The zero-order valence-corrected chi connectivity index (χ0v) is 10.4. The lowest BCUT2D eigenvalue weighted by molar-refractivity contribution is 0.275. The van der Waals surface area contributed by atoms with Crippen molar-refractivity contribution in [1.82, 2.24) is 19.2 Å². The van der Waals surface area contributed by atoms with Crippen molar-refractivity contribution in [3.63, 3.8) is 0 Å². The quantitative estimate of drug-likeness (QED) is 0.776. The average Bonchev–Trinajstić information content (AvgIpc) is 3.05. The summed E-state index contributed by atoms with van der Waals surface area (Å²) in [4.78, 5) is 4.55. The molecule has 0 spiro atoms. The molecule has 1 saturated carbocycles. The van der Waals surface area contributed by atoms with Gasteiger partial charge in [-0.05, 0) is 31.0 Å². The molecule has 1 aliphatic rings. The maximum Gasteiger partial charge on any atom is 0.177 e. The highest BCUT2D eigenvalue weighted by molar-refractivity contribution is 5.48. The van der Waals surface area contributed by atoms with Crippen molar-refractivity contribution in [2.75, 3.05) is 0 Å². The maximum absolute atomic E-state index is 9.59. The van der Waals surface area contributed by atoms with Gasteiger partial charge < -0.3 is 5.11 Å². The smallest absolute Gasteiger partial charge is 0.177 e. The monoisotopic (exact) mass is 254 g/mol. The normalized spacial score (nSPS) is 15.2. The molecule has 0 aromatic carbocycles. The number of hydrogen-bond donors (Lipinski definition) is 1. The predicted octanol–water partition coefficient (Wildman–Crippen LogP) is 1.89. The van der Waals surface area contributed by atoms with Crippen LogP contribution < -0.4 is 0 Å². The summed E-state index contributed by atoms with van der Waals surface area (Å²) in [5, 5.41) is 14.2. The lowest BCUT2D eigenvalue weighted by atomic mass is 10.3. The molecule has 0 amide bonds. The Balaban J connectivity index is 1.88. The molecule has 1 fully saturated rings. The van der Waals surface area contributed by atoms with Crippen LogP contribution in [-0.4, -0.2) is 24.3 Å². The van der Waals surface area contributed by atoms with E-state index in [4.69, 9.17) is 0 Å². The fourth-order valence-corrected chi connectivity index (χ4v) is 2.42. The fourth-order valence-electron chi connectivity index (χ4n) is 2.42. The van der Waals surface area contributed by atoms with Crippen molar-refractivity contribution in [2.24, 2.45) is 0 Å². The van der Waals surface area contributed by atoms with E-state index in [9.17, 15) is 5.11 Å². The van der Waals surface area contributed by atoms with Crippen LogP contribution in [0.2, 0.25) is 0 Å². The second-order valence-electron chi connectivity index (χ2n) is 4.93. The largest absolute Gasteiger partial charge is 0.390 e. The van der Waals surface area contributed by atoms with Gasteiger partial charge in [-0.3, -0.25) is 4.40 Å². The third-order valence-electron chi connectivity index (χ3n) is 3.58. The molecule has 0 radical (unpaired) electrons. The van der Waals surface area contributed by atoms with Gasteiger partial charge in [0.2, 0.25) is 0 Å². The van der Waals surface area contributed by atoms with Crippen molar-refractivity contribution >= 4 is 5.65 Å². The molecule has 96 valence electrons. The summed E-state index contributed by atoms with van der Waals surface area (Å²) in [6.07, 6.45) is 6.29. The Labute approximate surface area is 110 Å². The number of pyridine rings is 1. The van der Waals surface area contributed by atoms with Crippen LogP contribution in [0.1, 0.15) is 30.1 Å². The molecular formula is C14H14N4O. The van der Waals surface area contributed by atoms with Crippen LogP contribution in [0.25, 0.3) is 11.5 Å². The molecular weight excluding hydrogens is 240 g/mol. The van der Waals surface area contributed by atoms with Crippen LogP contribution in [0.4, 0.5) is 0 Å². The summed E-state index contributed by atoms with van der Waals surface area (Å²) >= 11 is 0. The number of rotatable bonds is 3. The number of fused-ring (bicyclic) bond motifs is 1. The van der Waals surface area contributed by atoms with Crippen molar-refractivity contribution in [3.8, 4) is 5.82 Å². The lowest BCUT2D eigenvalue weighted by Gasteiger charge is -2.01. The summed E-state index contributed by atoms with van der Waals surface area (Å²) in [6, 6.07) is 7.83. The van der Waals surface area contributed by atoms with Crippen LogP contribution in [-0.2, 0) is 6.61 Å². The molecule has 0 unspecified atom stereocenters. The molecule has 0 atom stereocenters. The summed E-state index contributed by atoms with van der Waals surface area (Å²) in [5.74, 6) is 1.33. The Morgan fingerprint density at radius 3 is 2.89 bits per heavy atom. The van der Waals surface area contributed by atoms with Gasteiger partial charge in [-0.25, -0.2) is 9.67 Å². The van der Waals surface area contributed by atoms with Crippen molar-refractivity contribution in [3.05, 3.63) is 48.0 Å². The highest BCUT2D eigenvalue weighted by atomic mass is 16.3. The van der Waals surface area contributed by atoms with E-state index in [1.54, 1.807) is 4.68 Å². The van der Waals surface area contributed by atoms with Crippen molar-refractivity contribution < 1.29 is 5.11 Å². The number of nitrogens with zero attached hydrogens (tertiary/aromatic N) is 4. The highest BCUT2D eigenvalue weighted by Crippen LogP contribution is 2.39. The summed E-state index contributed by atoms with van der Waals surface area (Å²) in [5.41, 5.74) is 2.71. The minimum Gasteiger partial charge on any atom is -0.390 e. The van der Waals surface area contributed by atoms with Crippen molar-refractivity contribution in [1.29, 1.82) is 0 Å². The Kier molecular flexibility index (Phi) is 2.22. The Bertz CT molecular complexity index is 739. The van der Waals surface area contributed by atoms with Gasteiger partial charge in [0.15, 0.2) is 5.82 Å². The third kappa shape index (κ3) is 1.66. The zero-order chi connectivity index (χ0) is 12.8. The van der Waals surface area contributed by atoms with Crippen LogP contribution >= 0.6 is 0 Å². The molecule has 5 heteroatoms. The molecule has 4 rings (SSSR count). The third-order valence-corrected chi connectivity index (χ3v) is 3.58. The van der Waals surface area contributed by atoms with Crippen LogP contribution in [0.15, 0.2) is 36.7 Å².